The van der Waals surface area contributed by atoms with Crippen LogP contribution in [0.3, 0.4) is 0 Å². The lowest BCUT2D eigenvalue weighted by Gasteiger charge is -2.19. The number of fused-ring (bicyclic) bond motifs is 1. The summed E-state index contributed by atoms with van der Waals surface area (Å²) in [4.78, 5) is 25.3. The van der Waals surface area contributed by atoms with E-state index in [9.17, 15) is 22.9 Å². The number of amides is 1. The summed E-state index contributed by atoms with van der Waals surface area (Å²) in [5.74, 6) is -0.844. The molecule has 10 nitrogen and oxygen atoms in total. The van der Waals surface area contributed by atoms with Crippen LogP contribution in [-0.2, 0) is 9.84 Å². The van der Waals surface area contributed by atoms with Crippen molar-refractivity contribution < 1.29 is 17.6 Å². The van der Waals surface area contributed by atoms with Gasteiger partial charge in [-0.2, -0.15) is 5.26 Å². The zero-order valence-electron chi connectivity index (χ0n) is 18.0. The van der Waals surface area contributed by atoms with Crippen molar-refractivity contribution in [1.29, 1.82) is 5.26 Å². The van der Waals surface area contributed by atoms with E-state index in [1.54, 1.807) is 6.92 Å². The van der Waals surface area contributed by atoms with E-state index in [-0.39, 0.29) is 41.5 Å². The molecule has 0 radical (unpaired) electrons. The second kappa shape index (κ2) is 9.74. The minimum Gasteiger partial charge on any atom is -0.382 e. The molecule has 1 amide bonds. The molecule has 3 rings (SSSR count). The van der Waals surface area contributed by atoms with Crippen molar-refractivity contribution in [3.8, 4) is 6.07 Å². The Bertz CT molecular complexity index is 1360. The maximum absolute atomic E-state index is 13.7. The number of nitrogen functional groups attached to an aromatic ring is 1. The Morgan fingerprint density at radius 3 is 2.76 bits per heavy atom. The van der Waals surface area contributed by atoms with Crippen molar-refractivity contribution >= 4 is 38.3 Å². The van der Waals surface area contributed by atoms with Gasteiger partial charge in [0.25, 0.3) is 5.91 Å². The number of hydrogen-bond donors (Lipinski definition) is 3. The molecular weight excluding hydrogens is 449 g/mol. The molecular formula is C21H22FN7O3S. The Morgan fingerprint density at radius 2 is 2.06 bits per heavy atom. The van der Waals surface area contributed by atoms with E-state index in [1.165, 1.54) is 30.6 Å². The molecule has 0 fully saturated rings. The highest BCUT2D eigenvalue weighted by Gasteiger charge is 2.21. The summed E-state index contributed by atoms with van der Waals surface area (Å²) in [7, 11) is -3.15. The van der Waals surface area contributed by atoms with Crippen molar-refractivity contribution in [2.24, 2.45) is 0 Å². The van der Waals surface area contributed by atoms with Gasteiger partial charge in [0.2, 0.25) is 0 Å². The third kappa shape index (κ3) is 5.89. The van der Waals surface area contributed by atoms with Crippen LogP contribution < -0.4 is 16.4 Å². The van der Waals surface area contributed by atoms with Crippen molar-refractivity contribution in [3.05, 3.63) is 53.2 Å². The van der Waals surface area contributed by atoms with Crippen molar-refractivity contribution in [1.82, 2.24) is 20.3 Å². The Kier molecular flexibility index (Phi) is 7.03. The van der Waals surface area contributed by atoms with Crippen molar-refractivity contribution in [2.45, 2.75) is 19.4 Å². The molecule has 2 heterocycles. The summed E-state index contributed by atoms with van der Waals surface area (Å²) < 4.78 is 36.4. The van der Waals surface area contributed by atoms with Crippen LogP contribution in [-0.4, -0.2) is 47.8 Å². The number of nitrogens with two attached hydrogens (primary N) is 1. The van der Waals surface area contributed by atoms with Crippen LogP contribution in [0.4, 0.5) is 16.0 Å². The van der Waals surface area contributed by atoms with E-state index < -0.39 is 27.6 Å². The maximum Gasteiger partial charge on any atom is 0.253 e. The topological polar surface area (TPSA) is 164 Å². The first-order chi connectivity index (χ1) is 15.6. The predicted octanol–water partition coefficient (Wildman–Crippen LogP) is 1.96. The molecule has 0 saturated carbocycles. The number of benzene rings is 1. The largest absolute Gasteiger partial charge is 0.382 e. The number of carbonyl (C=O) groups is 1. The highest BCUT2D eigenvalue weighted by molar-refractivity contribution is 7.90. The first-order valence-electron chi connectivity index (χ1n) is 9.92. The van der Waals surface area contributed by atoms with E-state index in [0.717, 1.165) is 6.26 Å². The normalized spacial score (nSPS) is 12.2. The zero-order chi connectivity index (χ0) is 24.2. The second-order valence-electron chi connectivity index (χ2n) is 7.46. The number of hydrogen-bond acceptors (Lipinski definition) is 9. The smallest absolute Gasteiger partial charge is 0.253 e. The fraction of sp³-hybridized carbons (Fsp3) is 0.286. The molecule has 12 heteroatoms. The van der Waals surface area contributed by atoms with Gasteiger partial charge in [-0.15, -0.1) is 0 Å². The molecule has 0 aliphatic carbocycles. The third-order valence-corrected chi connectivity index (χ3v) is 5.81. The van der Waals surface area contributed by atoms with Crippen LogP contribution in [0.5, 0.6) is 0 Å². The van der Waals surface area contributed by atoms with Gasteiger partial charge in [-0.1, -0.05) is 0 Å². The first kappa shape index (κ1) is 23.8. The van der Waals surface area contributed by atoms with Crippen molar-refractivity contribution in [3.63, 3.8) is 0 Å². The molecule has 0 aliphatic rings. The first-order valence-corrected chi connectivity index (χ1v) is 12.0. The molecule has 4 N–H and O–H groups in total. The molecule has 2 aromatic heterocycles. The fourth-order valence-corrected chi connectivity index (χ4v) is 3.87. The fourth-order valence-electron chi connectivity index (χ4n) is 3.20. The van der Waals surface area contributed by atoms with E-state index in [4.69, 9.17) is 5.73 Å². The number of aromatic nitrogens is 3. The monoisotopic (exact) mass is 471 g/mol. The number of rotatable bonds is 8. The standard InChI is InChI=1S/C21H22FN7O3S/c1-12(28-20-16(10-23)19(24)26-11-27-20)18-15(21(30)25-6-3-7-33(2,31)32)9-13-8-14(22)4-5-17(13)29-18/h4-5,8-9,11-12H,3,6-7H2,1-2H3,(H,25,30)(H3,24,26,27,28)/t12-/m0/s1. The van der Waals surface area contributed by atoms with Crippen LogP contribution in [0.15, 0.2) is 30.6 Å². The van der Waals surface area contributed by atoms with Gasteiger partial charge in [-0.25, -0.2) is 27.8 Å². The molecule has 0 spiro atoms. The number of anilines is 2. The lowest BCUT2D eigenvalue weighted by atomic mass is 10.0. The number of halogens is 1. The Hall–Kier alpha value is -3.85. The number of carbonyl (C=O) groups excluding carboxylic acids is 1. The van der Waals surface area contributed by atoms with Crippen molar-refractivity contribution in [2.75, 3.05) is 29.6 Å². The molecule has 0 bridgehead atoms. The van der Waals surface area contributed by atoms with E-state index >= 15 is 0 Å². The minimum atomic E-state index is -3.15. The average Bonchev–Trinajstić information content (AvgIpc) is 2.75. The lowest BCUT2D eigenvalue weighted by molar-refractivity contribution is 0.0952. The summed E-state index contributed by atoms with van der Waals surface area (Å²) in [5.41, 5.74) is 6.77. The highest BCUT2D eigenvalue weighted by Crippen LogP contribution is 2.26. The summed E-state index contributed by atoms with van der Waals surface area (Å²) in [6.07, 6.45) is 2.57. The van der Waals surface area contributed by atoms with Crippen LogP contribution >= 0.6 is 0 Å². The Labute approximate surface area is 190 Å². The van der Waals surface area contributed by atoms with Crippen LogP contribution in [0, 0.1) is 17.1 Å². The van der Waals surface area contributed by atoms with E-state index in [2.05, 4.69) is 25.6 Å². The molecule has 0 saturated heterocycles. The van der Waals surface area contributed by atoms with Gasteiger partial charge in [-0.3, -0.25) is 4.79 Å². The van der Waals surface area contributed by atoms with Crippen LogP contribution in [0.1, 0.15) is 41.0 Å². The minimum absolute atomic E-state index is 0.00740. The average molecular weight is 472 g/mol. The van der Waals surface area contributed by atoms with E-state index in [1.807, 2.05) is 6.07 Å². The summed E-state index contributed by atoms with van der Waals surface area (Å²) in [6.45, 7) is 1.85. The zero-order valence-corrected chi connectivity index (χ0v) is 18.8. The van der Waals surface area contributed by atoms with Gasteiger partial charge in [0, 0.05) is 18.2 Å². The number of nitrogens with one attached hydrogen (secondary N) is 2. The summed E-state index contributed by atoms with van der Waals surface area (Å²) >= 11 is 0. The SMILES string of the molecule is C[C@H](Nc1ncnc(N)c1C#N)c1nc2ccc(F)cc2cc1C(=O)NCCCS(C)(=O)=O. The van der Waals surface area contributed by atoms with Gasteiger partial charge in [0.05, 0.1) is 28.6 Å². The van der Waals surface area contributed by atoms with Gasteiger partial charge in [0.15, 0.2) is 0 Å². The molecule has 1 atom stereocenters. The number of nitriles is 1. The molecule has 0 aliphatic heterocycles. The maximum atomic E-state index is 13.7. The Balaban J connectivity index is 1.95. The highest BCUT2D eigenvalue weighted by atomic mass is 32.2. The van der Waals surface area contributed by atoms with Crippen LogP contribution in [0.2, 0.25) is 0 Å². The van der Waals surface area contributed by atoms with Gasteiger partial charge < -0.3 is 16.4 Å². The molecule has 3 aromatic rings. The number of sulfone groups is 1. The molecule has 1 aromatic carbocycles. The van der Waals surface area contributed by atoms with Gasteiger partial charge in [-0.05, 0) is 37.6 Å². The summed E-state index contributed by atoms with van der Waals surface area (Å²) in [5, 5.41) is 15.5. The number of pyridine rings is 1. The molecule has 33 heavy (non-hydrogen) atoms. The molecule has 172 valence electrons. The van der Waals surface area contributed by atoms with Gasteiger partial charge in [0.1, 0.15) is 45.3 Å². The van der Waals surface area contributed by atoms with Gasteiger partial charge >= 0.3 is 0 Å². The second-order valence-corrected chi connectivity index (χ2v) is 9.72. The molecule has 0 unspecified atom stereocenters. The number of nitrogens with zero attached hydrogens (tertiary/aromatic N) is 4. The quantitative estimate of drug-likeness (QED) is 0.417. The summed E-state index contributed by atoms with van der Waals surface area (Å²) in [6, 6.07) is 6.89. The third-order valence-electron chi connectivity index (χ3n) is 4.78. The van der Waals surface area contributed by atoms with Crippen LogP contribution in [0.25, 0.3) is 10.9 Å². The lowest BCUT2D eigenvalue weighted by Crippen LogP contribution is -2.28. The predicted molar refractivity (Wildman–Crippen MR) is 122 cm³/mol. The Morgan fingerprint density at radius 1 is 1.30 bits per heavy atom. The van der Waals surface area contributed by atoms with E-state index in [0.29, 0.717) is 16.6 Å².